The van der Waals surface area contributed by atoms with Crippen LogP contribution in [0, 0.1) is 12.7 Å². The molecule has 3 rings (SSSR count). The molecule has 1 amide bonds. The molecule has 2 aromatic heterocycles. The first-order valence-electron chi connectivity index (χ1n) is 7.31. The number of aryl methyl sites for hydroxylation is 1. The number of aromatic nitrogens is 3. The molecule has 0 saturated carbocycles. The Morgan fingerprint density at radius 1 is 1.32 bits per heavy atom. The predicted octanol–water partition coefficient (Wildman–Crippen LogP) is 3.99. The van der Waals surface area contributed by atoms with Crippen molar-refractivity contribution in [3.8, 4) is 0 Å². The Labute approximate surface area is 140 Å². The molecular formula is C17H13F3N4O. The molecular weight excluding hydrogens is 333 g/mol. The summed E-state index contributed by atoms with van der Waals surface area (Å²) in [5.74, 6) is -1.83. The third-order valence-electron chi connectivity index (χ3n) is 3.62. The van der Waals surface area contributed by atoms with E-state index in [1.165, 1.54) is 19.1 Å². The average molecular weight is 346 g/mol. The van der Waals surface area contributed by atoms with Crippen molar-refractivity contribution in [3.05, 3.63) is 59.3 Å². The molecule has 1 aromatic carbocycles. The number of alkyl halides is 2. The number of benzene rings is 1. The van der Waals surface area contributed by atoms with Gasteiger partial charge in [-0.2, -0.15) is 5.10 Å². The molecule has 8 heteroatoms. The minimum Gasteiger partial charge on any atom is -0.320 e. The quantitative estimate of drug-likeness (QED) is 0.702. The van der Waals surface area contributed by atoms with Crippen LogP contribution in [0.4, 0.5) is 18.9 Å². The van der Waals surface area contributed by atoms with Crippen molar-refractivity contribution in [1.29, 1.82) is 0 Å². The van der Waals surface area contributed by atoms with Crippen LogP contribution in [0.5, 0.6) is 0 Å². The standard InChI is InChI=1S/C17H13F3N4O/c1-9-16(15(17(19)20)12(18)8-21-9)23-14(25)5-3-10-2-4-11-7-22-24-13(11)6-10/h2-8,17H,1H3,(H,22,24)(H,23,25)/b5-3+. The fourth-order valence-corrected chi connectivity index (χ4v) is 2.37. The molecule has 0 aliphatic heterocycles. The zero-order valence-corrected chi connectivity index (χ0v) is 13.1. The van der Waals surface area contributed by atoms with E-state index in [4.69, 9.17) is 0 Å². The second-order valence-electron chi connectivity index (χ2n) is 5.32. The molecule has 2 N–H and O–H groups in total. The number of aromatic amines is 1. The summed E-state index contributed by atoms with van der Waals surface area (Å²) in [6.07, 6.45) is 2.00. The molecule has 25 heavy (non-hydrogen) atoms. The van der Waals surface area contributed by atoms with E-state index in [1.54, 1.807) is 18.3 Å². The van der Waals surface area contributed by atoms with Gasteiger partial charge in [-0.1, -0.05) is 12.1 Å². The number of hydrogen-bond acceptors (Lipinski definition) is 3. The maximum absolute atomic E-state index is 13.6. The molecule has 0 radical (unpaired) electrons. The Balaban J connectivity index is 1.82. The van der Waals surface area contributed by atoms with Gasteiger partial charge in [-0.3, -0.25) is 14.9 Å². The van der Waals surface area contributed by atoms with E-state index in [0.717, 1.165) is 16.5 Å². The summed E-state index contributed by atoms with van der Waals surface area (Å²) in [6, 6.07) is 5.39. The number of pyridine rings is 1. The van der Waals surface area contributed by atoms with Crippen LogP contribution in [0.1, 0.15) is 23.2 Å². The van der Waals surface area contributed by atoms with Crippen molar-refractivity contribution in [1.82, 2.24) is 15.2 Å². The highest BCUT2D eigenvalue weighted by Crippen LogP contribution is 2.31. The number of hydrogen-bond donors (Lipinski definition) is 2. The minimum atomic E-state index is -3.07. The lowest BCUT2D eigenvalue weighted by Crippen LogP contribution is -2.13. The SMILES string of the molecule is Cc1ncc(F)c(C(F)F)c1NC(=O)/C=C/c1ccc2cn[nH]c2c1. The number of carbonyl (C=O) groups is 1. The molecule has 0 aliphatic carbocycles. The molecule has 3 aromatic rings. The molecule has 0 saturated heterocycles. The van der Waals surface area contributed by atoms with Gasteiger partial charge in [0.15, 0.2) is 5.82 Å². The zero-order valence-electron chi connectivity index (χ0n) is 13.1. The molecule has 0 spiro atoms. The van der Waals surface area contributed by atoms with Crippen molar-refractivity contribution in [2.45, 2.75) is 13.3 Å². The Kier molecular flexibility index (Phi) is 4.51. The monoisotopic (exact) mass is 346 g/mol. The van der Waals surface area contributed by atoms with Gasteiger partial charge in [0.05, 0.1) is 34.9 Å². The number of fused-ring (bicyclic) bond motifs is 1. The Bertz CT molecular complexity index is 966. The summed E-state index contributed by atoms with van der Waals surface area (Å²) >= 11 is 0. The smallest absolute Gasteiger partial charge is 0.268 e. The number of amides is 1. The molecule has 0 unspecified atom stereocenters. The number of rotatable bonds is 4. The van der Waals surface area contributed by atoms with Gasteiger partial charge < -0.3 is 5.32 Å². The molecule has 128 valence electrons. The van der Waals surface area contributed by atoms with Gasteiger partial charge in [0.25, 0.3) is 6.43 Å². The Morgan fingerprint density at radius 3 is 2.88 bits per heavy atom. The van der Waals surface area contributed by atoms with Crippen molar-refractivity contribution in [2.75, 3.05) is 5.32 Å². The van der Waals surface area contributed by atoms with E-state index in [0.29, 0.717) is 6.20 Å². The number of nitrogens with zero attached hydrogens (tertiary/aromatic N) is 2. The molecule has 0 fully saturated rings. The second-order valence-corrected chi connectivity index (χ2v) is 5.32. The van der Waals surface area contributed by atoms with E-state index in [9.17, 15) is 18.0 Å². The van der Waals surface area contributed by atoms with E-state index in [2.05, 4.69) is 20.5 Å². The van der Waals surface area contributed by atoms with Crippen LogP contribution in [0.3, 0.4) is 0 Å². The highest BCUT2D eigenvalue weighted by molar-refractivity contribution is 6.03. The van der Waals surface area contributed by atoms with E-state index >= 15 is 0 Å². The zero-order chi connectivity index (χ0) is 18.0. The lowest BCUT2D eigenvalue weighted by molar-refractivity contribution is -0.111. The van der Waals surface area contributed by atoms with E-state index in [-0.39, 0.29) is 11.4 Å². The highest BCUT2D eigenvalue weighted by Gasteiger charge is 2.22. The highest BCUT2D eigenvalue weighted by atomic mass is 19.3. The molecule has 2 heterocycles. The number of H-pyrrole nitrogens is 1. The van der Waals surface area contributed by atoms with Crippen molar-refractivity contribution in [3.63, 3.8) is 0 Å². The van der Waals surface area contributed by atoms with E-state index < -0.39 is 23.7 Å². The molecule has 5 nitrogen and oxygen atoms in total. The number of anilines is 1. The first-order chi connectivity index (χ1) is 12.0. The predicted molar refractivity (Wildman–Crippen MR) is 87.6 cm³/mol. The average Bonchev–Trinajstić information content (AvgIpc) is 3.03. The number of nitrogens with one attached hydrogen (secondary N) is 2. The van der Waals surface area contributed by atoms with Gasteiger partial charge in [-0.05, 0) is 24.6 Å². The first kappa shape index (κ1) is 16.7. The van der Waals surface area contributed by atoms with Gasteiger partial charge in [-0.15, -0.1) is 0 Å². The van der Waals surface area contributed by atoms with Crippen LogP contribution >= 0.6 is 0 Å². The van der Waals surface area contributed by atoms with Crippen molar-refractivity contribution < 1.29 is 18.0 Å². The van der Waals surface area contributed by atoms with Crippen molar-refractivity contribution >= 4 is 28.6 Å². The summed E-state index contributed by atoms with van der Waals surface area (Å²) in [6.45, 7) is 1.41. The topological polar surface area (TPSA) is 70.7 Å². The van der Waals surface area contributed by atoms with Crippen LogP contribution in [-0.2, 0) is 4.79 Å². The van der Waals surface area contributed by atoms with Gasteiger partial charge in [0, 0.05) is 11.5 Å². The summed E-state index contributed by atoms with van der Waals surface area (Å²) in [4.78, 5) is 15.7. The van der Waals surface area contributed by atoms with Crippen LogP contribution in [0.15, 0.2) is 36.7 Å². The summed E-state index contributed by atoms with van der Waals surface area (Å²) in [7, 11) is 0. The molecule has 0 atom stereocenters. The number of halogens is 3. The van der Waals surface area contributed by atoms with Gasteiger partial charge >= 0.3 is 0 Å². The van der Waals surface area contributed by atoms with Crippen LogP contribution < -0.4 is 5.32 Å². The van der Waals surface area contributed by atoms with Gasteiger partial charge in [0.1, 0.15) is 0 Å². The lowest BCUT2D eigenvalue weighted by atomic mass is 10.1. The van der Waals surface area contributed by atoms with Crippen LogP contribution in [0.25, 0.3) is 17.0 Å². The molecule has 0 bridgehead atoms. The van der Waals surface area contributed by atoms with Gasteiger partial charge in [-0.25, -0.2) is 13.2 Å². The third kappa shape index (κ3) is 3.52. The first-order valence-corrected chi connectivity index (χ1v) is 7.31. The van der Waals surface area contributed by atoms with Crippen LogP contribution in [-0.4, -0.2) is 21.1 Å². The molecule has 0 aliphatic rings. The van der Waals surface area contributed by atoms with Gasteiger partial charge in [0.2, 0.25) is 5.91 Å². The Morgan fingerprint density at radius 2 is 2.12 bits per heavy atom. The van der Waals surface area contributed by atoms with Crippen LogP contribution in [0.2, 0.25) is 0 Å². The maximum Gasteiger partial charge on any atom is 0.268 e. The second kappa shape index (κ2) is 6.76. The fraction of sp³-hybridized carbons (Fsp3) is 0.118. The fourth-order valence-electron chi connectivity index (χ4n) is 2.37. The summed E-state index contributed by atoms with van der Waals surface area (Å²) in [5, 5.41) is 9.90. The summed E-state index contributed by atoms with van der Waals surface area (Å²) < 4.78 is 39.7. The summed E-state index contributed by atoms with van der Waals surface area (Å²) in [5.41, 5.74) is 0.446. The largest absolute Gasteiger partial charge is 0.320 e. The minimum absolute atomic E-state index is 0.109. The van der Waals surface area contributed by atoms with E-state index in [1.807, 2.05) is 6.07 Å². The third-order valence-corrected chi connectivity index (χ3v) is 3.62. The normalized spacial score (nSPS) is 11.6. The maximum atomic E-state index is 13.6. The van der Waals surface area contributed by atoms with Crippen molar-refractivity contribution in [2.24, 2.45) is 0 Å². The Hall–Kier alpha value is -3.16. The lowest BCUT2D eigenvalue weighted by Gasteiger charge is -2.12. The number of carbonyl (C=O) groups excluding carboxylic acids is 1.